The standard InChI is InChI=1S/C21H34N4O3/c1-25(2)19(26)15-23-20(24-16-21(10-11-21)12-14-27-3)22-13-9-17-5-7-18(28-4)8-6-17/h5-8H,9-16H2,1-4H3,(H2,22,23,24). The van der Waals surface area contributed by atoms with Crippen molar-refractivity contribution in [3.05, 3.63) is 29.8 Å². The first-order valence-corrected chi connectivity index (χ1v) is 9.82. The number of carbonyl (C=O) groups excluding carboxylic acids is 1. The Morgan fingerprint density at radius 1 is 1.18 bits per heavy atom. The molecule has 1 aromatic rings. The quantitative estimate of drug-likeness (QED) is 0.444. The predicted molar refractivity (Wildman–Crippen MR) is 112 cm³/mol. The molecule has 1 amide bonds. The highest BCUT2D eigenvalue weighted by Crippen LogP contribution is 2.48. The largest absolute Gasteiger partial charge is 0.497 e. The van der Waals surface area contributed by atoms with Gasteiger partial charge < -0.3 is 25.0 Å². The third-order valence-corrected chi connectivity index (χ3v) is 5.16. The van der Waals surface area contributed by atoms with E-state index in [9.17, 15) is 4.79 Å². The van der Waals surface area contributed by atoms with Gasteiger partial charge in [-0.2, -0.15) is 0 Å². The van der Waals surface area contributed by atoms with Crippen molar-refractivity contribution in [2.75, 3.05) is 54.6 Å². The Balaban J connectivity index is 1.87. The Morgan fingerprint density at radius 2 is 1.89 bits per heavy atom. The van der Waals surface area contributed by atoms with Gasteiger partial charge in [0.2, 0.25) is 5.91 Å². The highest BCUT2D eigenvalue weighted by molar-refractivity contribution is 5.84. The van der Waals surface area contributed by atoms with Crippen molar-refractivity contribution in [3.63, 3.8) is 0 Å². The van der Waals surface area contributed by atoms with Crippen molar-refractivity contribution >= 4 is 11.9 Å². The molecule has 0 heterocycles. The third kappa shape index (κ3) is 7.38. The van der Waals surface area contributed by atoms with Crippen LogP contribution in [0.25, 0.3) is 0 Å². The molecule has 0 spiro atoms. The molecule has 1 saturated carbocycles. The molecule has 0 saturated heterocycles. The second-order valence-corrected chi connectivity index (χ2v) is 7.57. The van der Waals surface area contributed by atoms with Crippen LogP contribution in [-0.4, -0.2) is 71.3 Å². The minimum Gasteiger partial charge on any atom is -0.497 e. The molecule has 0 unspecified atom stereocenters. The topological polar surface area (TPSA) is 75.2 Å². The van der Waals surface area contributed by atoms with Crippen LogP contribution >= 0.6 is 0 Å². The van der Waals surface area contributed by atoms with Crippen LogP contribution < -0.4 is 15.4 Å². The number of nitrogens with zero attached hydrogens (tertiary/aromatic N) is 2. The smallest absolute Gasteiger partial charge is 0.243 e. The van der Waals surface area contributed by atoms with Crippen LogP contribution in [0.5, 0.6) is 5.75 Å². The van der Waals surface area contributed by atoms with E-state index >= 15 is 0 Å². The van der Waals surface area contributed by atoms with E-state index in [1.165, 1.54) is 18.4 Å². The van der Waals surface area contributed by atoms with E-state index in [-0.39, 0.29) is 12.5 Å². The number of carbonyl (C=O) groups is 1. The maximum atomic E-state index is 11.9. The maximum absolute atomic E-state index is 11.9. The lowest BCUT2D eigenvalue weighted by Gasteiger charge is -2.19. The molecule has 0 bridgehead atoms. The molecule has 0 aromatic heterocycles. The average molecular weight is 391 g/mol. The fraction of sp³-hybridized carbons (Fsp3) is 0.619. The Bertz CT molecular complexity index is 640. The number of ether oxygens (including phenoxy) is 2. The molecular formula is C21H34N4O3. The molecule has 1 aliphatic carbocycles. The summed E-state index contributed by atoms with van der Waals surface area (Å²) in [7, 11) is 6.89. The summed E-state index contributed by atoms with van der Waals surface area (Å²) in [5, 5.41) is 6.78. The maximum Gasteiger partial charge on any atom is 0.243 e. The van der Waals surface area contributed by atoms with Gasteiger partial charge in [-0.3, -0.25) is 4.79 Å². The van der Waals surface area contributed by atoms with Crippen LogP contribution in [0, 0.1) is 5.41 Å². The van der Waals surface area contributed by atoms with E-state index in [0.717, 1.165) is 38.3 Å². The second-order valence-electron chi connectivity index (χ2n) is 7.57. The van der Waals surface area contributed by atoms with Gasteiger partial charge in [-0.1, -0.05) is 12.1 Å². The first-order chi connectivity index (χ1) is 13.5. The molecule has 2 N–H and O–H groups in total. The first kappa shape index (κ1) is 22.0. The van der Waals surface area contributed by atoms with E-state index in [0.29, 0.717) is 11.4 Å². The van der Waals surface area contributed by atoms with Crippen molar-refractivity contribution < 1.29 is 14.3 Å². The Labute approximate surface area is 168 Å². The summed E-state index contributed by atoms with van der Waals surface area (Å²) in [5.41, 5.74) is 1.52. The highest BCUT2D eigenvalue weighted by atomic mass is 16.5. The molecule has 28 heavy (non-hydrogen) atoms. The normalized spacial score (nSPS) is 15.1. The SMILES string of the molecule is COCCC1(CNC(=NCC(=O)N(C)C)NCCc2ccc(OC)cc2)CC1. The lowest BCUT2D eigenvalue weighted by molar-refractivity contribution is -0.127. The summed E-state index contributed by atoms with van der Waals surface area (Å²) in [6, 6.07) is 8.05. The monoisotopic (exact) mass is 390 g/mol. The van der Waals surface area contributed by atoms with Crippen molar-refractivity contribution in [1.29, 1.82) is 0 Å². The third-order valence-electron chi connectivity index (χ3n) is 5.16. The lowest BCUT2D eigenvalue weighted by atomic mass is 10.0. The minimum atomic E-state index is -0.0169. The van der Waals surface area contributed by atoms with Crippen molar-refractivity contribution in [3.8, 4) is 5.75 Å². The van der Waals surface area contributed by atoms with Gasteiger partial charge in [0, 0.05) is 40.9 Å². The molecular weight excluding hydrogens is 356 g/mol. The molecule has 7 nitrogen and oxygen atoms in total. The van der Waals surface area contributed by atoms with E-state index in [1.807, 2.05) is 12.1 Å². The predicted octanol–water partition coefficient (Wildman–Crippen LogP) is 1.68. The Hall–Kier alpha value is -2.28. The van der Waals surface area contributed by atoms with Gasteiger partial charge in [0.15, 0.2) is 5.96 Å². The number of amides is 1. The zero-order chi connectivity index (χ0) is 20.4. The number of benzene rings is 1. The number of hydrogen-bond acceptors (Lipinski definition) is 4. The first-order valence-electron chi connectivity index (χ1n) is 9.82. The summed E-state index contributed by atoms with van der Waals surface area (Å²) in [6.07, 6.45) is 4.33. The molecule has 7 heteroatoms. The molecule has 1 fully saturated rings. The molecule has 156 valence electrons. The van der Waals surface area contributed by atoms with Crippen molar-refractivity contribution in [2.45, 2.75) is 25.7 Å². The summed E-state index contributed by atoms with van der Waals surface area (Å²) in [6.45, 7) is 2.49. The number of rotatable bonds is 11. The summed E-state index contributed by atoms with van der Waals surface area (Å²) in [5.74, 6) is 1.53. The summed E-state index contributed by atoms with van der Waals surface area (Å²) < 4.78 is 10.4. The van der Waals surface area contributed by atoms with Gasteiger partial charge in [0.05, 0.1) is 7.11 Å². The van der Waals surface area contributed by atoms with Gasteiger partial charge in [-0.15, -0.1) is 0 Å². The lowest BCUT2D eigenvalue weighted by Crippen LogP contribution is -2.42. The number of hydrogen-bond donors (Lipinski definition) is 2. The van der Waals surface area contributed by atoms with Gasteiger partial charge in [-0.05, 0) is 48.8 Å². The Morgan fingerprint density at radius 3 is 2.46 bits per heavy atom. The highest BCUT2D eigenvalue weighted by Gasteiger charge is 2.41. The summed E-state index contributed by atoms with van der Waals surface area (Å²) in [4.78, 5) is 17.9. The molecule has 0 aliphatic heterocycles. The van der Waals surface area contributed by atoms with Gasteiger partial charge in [-0.25, -0.2) is 4.99 Å². The van der Waals surface area contributed by atoms with Crippen LogP contribution in [0.3, 0.4) is 0 Å². The number of nitrogens with one attached hydrogen (secondary N) is 2. The van der Waals surface area contributed by atoms with E-state index < -0.39 is 0 Å². The fourth-order valence-corrected chi connectivity index (χ4v) is 2.86. The van der Waals surface area contributed by atoms with Gasteiger partial charge in [0.25, 0.3) is 0 Å². The van der Waals surface area contributed by atoms with Gasteiger partial charge >= 0.3 is 0 Å². The zero-order valence-electron chi connectivity index (χ0n) is 17.6. The van der Waals surface area contributed by atoms with Crippen molar-refractivity contribution in [2.24, 2.45) is 10.4 Å². The van der Waals surface area contributed by atoms with Crippen molar-refractivity contribution in [1.82, 2.24) is 15.5 Å². The number of guanidine groups is 1. The van der Waals surface area contributed by atoms with Crippen LogP contribution in [0.2, 0.25) is 0 Å². The zero-order valence-corrected chi connectivity index (χ0v) is 17.6. The second kappa shape index (κ2) is 10.9. The number of methoxy groups -OCH3 is 2. The van der Waals surface area contributed by atoms with Crippen LogP contribution in [0.1, 0.15) is 24.8 Å². The molecule has 0 atom stereocenters. The van der Waals surface area contributed by atoms with E-state index in [4.69, 9.17) is 9.47 Å². The number of aliphatic imine (C=N–C) groups is 1. The fourth-order valence-electron chi connectivity index (χ4n) is 2.86. The summed E-state index contributed by atoms with van der Waals surface area (Å²) >= 11 is 0. The molecule has 0 radical (unpaired) electrons. The average Bonchev–Trinajstić information content (AvgIpc) is 3.48. The number of likely N-dealkylation sites (N-methyl/N-ethyl adjacent to an activating group) is 1. The van der Waals surface area contributed by atoms with Crippen LogP contribution in [0.4, 0.5) is 0 Å². The van der Waals surface area contributed by atoms with Crippen LogP contribution in [0.15, 0.2) is 29.3 Å². The van der Waals surface area contributed by atoms with E-state index in [2.05, 4.69) is 27.8 Å². The molecule has 1 aliphatic rings. The molecule has 1 aromatic carbocycles. The Kier molecular flexibility index (Phi) is 8.57. The minimum absolute atomic E-state index is 0.0169. The van der Waals surface area contributed by atoms with E-state index in [1.54, 1.807) is 33.2 Å². The van der Waals surface area contributed by atoms with Gasteiger partial charge in [0.1, 0.15) is 12.3 Å². The van der Waals surface area contributed by atoms with Crippen LogP contribution in [-0.2, 0) is 16.0 Å². The molecule has 2 rings (SSSR count).